The molecule has 3 aromatic rings. The lowest BCUT2D eigenvalue weighted by Gasteiger charge is -2.17. The maximum absolute atomic E-state index is 13.6. The van der Waals surface area contributed by atoms with Gasteiger partial charge in [-0.15, -0.1) is 11.3 Å². The van der Waals surface area contributed by atoms with Crippen LogP contribution in [0.1, 0.15) is 29.3 Å². The molecule has 27 heavy (non-hydrogen) atoms. The number of halogens is 1. The van der Waals surface area contributed by atoms with Crippen molar-refractivity contribution in [1.29, 1.82) is 0 Å². The average Bonchev–Trinajstić information content (AvgIpc) is 2.98. The van der Waals surface area contributed by atoms with E-state index in [2.05, 4.69) is 17.2 Å². The van der Waals surface area contributed by atoms with Crippen molar-refractivity contribution in [2.24, 2.45) is 5.92 Å². The first-order valence-corrected chi connectivity index (χ1v) is 9.79. The van der Waals surface area contributed by atoms with Gasteiger partial charge in [0, 0.05) is 10.6 Å². The van der Waals surface area contributed by atoms with Gasteiger partial charge in [-0.2, -0.15) is 0 Å². The first-order chi connectivity index (χ1) is 12.9. The lowest BCUT2D eigenvalue weighted by molar-refractivity contribution is -0.116. The Morgan fingerprint density at radius 3 is 3.04 bits per heavy atom. The Morgan fingerprint density at radius 1 is 1.44 bits per heavy atom. The van der Waals surface area contributed by atoms with E-state index in [4.69, 9.17) is 0 Å². The summed E-state index contributed by atoms with van der Waals surface area (Å²) in [6.07, 6.45) is 4.35. The number of nitrogens with zero attached hydrogens (tertiary/aromatic N) is 2. The van der Waals surface area contributed by atoms with Crippen LogP contribution in [-0.2, 0) is 24.2 Å². The van der Waals surface area contributed by atoms with Gasteiger partial charge in [0.15, 0.2) is 0 Å². The summed E-state index contributed by atoms with van der Waals surface area (Å²) in [5, 5.41) is 3.28. The van der Waals surface area contributed by atoms with E-state index >= 15 is 0 Å². The highest BCUT2D eigenvalue weighted by molar-refractivity contribution is 7.18. The first kappa shape index (κ1) is 17.9. The number of nitrogens with one attached hydrogen (secondary N) is 1. The van der Waals surface area contributed by atoms with Crippen molar-refractivity contribution in [2.45, 2.75) is 39.7 Å². The average molecular weight is 385 g/mol. The molecule has 0 fully saturated rings. The number of carbonyl (C=O) groups excluding carboxylic acids is 1. The van der Waals surface area contributed by atoms with Crippen LogP contribution in [0.15, 0.2) is 29.3 Å². The normalized spacial score (nSPS) is 16.3. The van der Waals surface area contributed by atoms with Crippen LogP contribution in [0.4, 0.5) is 10.1 Å². The van der Waals surface area contributed by atoms with Crippen molar-refractivity contribution < 1.29 is 9.18 Å². The zero-order valence-electron chi connectivity index (χ0n) is 15.2. The van der Waals surface area contributed by atoms with Crippen LogP contribution in [0, 0.1) is 18.7 Å². The molecule has 0 bridgehead atoms. The van der Waals surface area contributed by atoms with Crippen LogP contribution in [0.5, 0.6) is 0 Å². The number of rotatable bonds is 3. The van der Waals surface area contributed by atoms with Crippen LogP contribution in [0.2, 0.25) is 0 Å². The van der Waals surface area contributed by atoms with Crippen LogP contribution in [0.3, 0.4) is 0 Å². The molecular weight excluding hydrogens is 365 g/mol. The Balaban J connectivity index is 1.60. The van der Waals surface area contributed by atoms with Gasteiger partial charge in [0.1, 0.15) is 17.2 Å². The summed E-state index contributed by atoms with van der Waals surface area (Å²) in [5.74, 6) is -0.153. The molecule has 1 atom stereocenters. The first-order valence-electron chi connectivity index (χ1n) is 8.98. The molecule has 2 aromatic heterocycles. The molecule has 1 amide bonds. The molecule has 0 aliphatic heterocycles. The van der Waals surface area contributed by atoms with Crippen LogP contribution < -0.4 is 10.9 Å². The predicted molar refractivity (Wildman–Crippen MR) is 105 cm³/mol. The summed E-state index contributed by atoms with van der Waals surface area (Å²) >= 11 is 1.58. The number of anilines is 1. The third-order valence-electron chi connectivity index (χ3n) is 5.05. The predicted octanol–water partition coefficient (Wildman–Crippen LogP) is 3.67. The van der Waals surface area contributed by atoms with Crippen molar-refractivity contribution in [3.05, 3.63) is 56.7 Å². The fourth-order valence-corrected chi connectivity index (χ4v) is 4.85. The van der Waals surface area contributed by atoms with Gasteiger partial charge in [0.2, 0.25) is 5.91 Å². The van der Waals surface area contributed by atoms with E-state index in [9.17, 15) is 14.0 Å². The smallest absolute Gasteiger partial charge is 0.262 e. The van der Waals surface area contributed by atoms with Gasteiger partial charge in [0.05, 0.1) is 11.7 Å². The molecule has 1 aliphatic rings. The standard InChI is InChI=1S/C20H20FN3O2S/c1-11-3-6-14-16(7-11)27-19-18(14)20(26)24(10-22-19)9-17(25)23-13-5-4-12(2)15(21)8-13/h4-5,8,10-11H,3,6-7,9H2,1-2H3,(H,23,25)/t11-/m0/s1. The number of hydrogen-bond donors (Lipinski definition) is 1. The number of thiophene rings is 1. The van der Waals surface area contributed by atoms with E-state index in [1.54, 1.807) is 30.4 Å². The summed E-state index contributed by atoms with van der Waals surface area (Å²) in [6, 6.07) is 4.51. The van der Waals surface area contributed by atoms with Crippen molar-refractivity contribution in [3.8, 4) is 0 Å². The molecule has 0 saturated heterocycles. The van der Waals surface area contributed by atoms with E-state index in [0.717, 1.165) is 29.7 Å². The highest BCUT2D eigenvalue weighted by Crippen LogP contribution is 2.35. The number of fused-ring (bicyclic) bond motifs is 3. The molecular formula is C20H20FN3O2S. The molecule has 1 N–H and O–H groups in total. The maximum Gasteiger partial charge on any atom is 0.262 e. The highest BCUT2D eigenvalue weighted by Gasteiger charge is 2.23. The van der Waals surface area contributed by atoms with Crippen molar-refractivity contribution >= 4 is 33.1 Å². The zero-order chi connectivity index (χ0) is 19.1. The summed E-state index contributed by atoms with van der Waals surface area (Å²) < 4.78 is 15.0. The molecule has 2 heterocycles. The second-order valence-corrected chi connectivity index (χ2v) is 8.31. The van der Waals surface area contributed by atoms with Gasteiger partial charge in [-0.05, 0) is 55.4 Å². The number of hydrogen-bond acceptors (Lipinski definition) is 4. The molecule has 4 rings (SSSR count). The van der Waals surface area contributed by atoms with Crippen molar-refractivity contribution in [2.75, 3.05) is 5.32 Å². The number of amides is 1. The summed E-state index contributed by atoms with van der Waals surface area (Å²) in [4.78, 5) is 31.6. The molecule has 1 aromatic carbocycles. The largest absolute Gasteiger partial charge is 0.324 e. The minimum Gasteiger partial charge on any atom is -0.324 e. The van der Waals surface area contributed by atoms with Gasteiger partial charge in [-0.1, -0.05) is 13.0 Å². The molecule has 0 spiro atoms. The fraction of sp³-hybridized carbons (Fsp3) is 0.350. The number of benzene rings is 1. The third-order valence-corrected chi connectivity index (χ3v) is 6.21. The van der Waals surface area contributed by atoms with Gasteiger partial charge in [-0.25, -0.2) is 9.37 Å². The van der Waals surface area contributed by atoms with Gasteiger partial charge in [-0.3, -0.25) is 14.2 Å². The quantitative estimate of drug-likeness (QED) is 0.748. The lowest BCUT2D eigenvalue weighted by atomic mass is 9.89. The molecule has 0 saturated carbocycles. The fourth-order valence-electron chi connectivity index (χ4n) is 3.50. The Hall–Kier alpha value is -2.54. The van der Waals surface area contributed by atoms with Gasteiger partial charge < -0.3 is 5.32 Å². The Bertz CT molecular complexity index is 1100. The molecule has 0 unspecified atom stereocenters. The third kappa shape index (κ3) is 3.39. The zero-order valence-corrected chi connectivity index (χ0v) is 16.0. The number of carbonyl (C=O) groups is 1. The molecule has 140 valence electrons. The second kappa shape index (κ2) is 6.88. The SMILES string of the molecule is Cc1ccc(NC(=O)Cn2cnc3sc4c(c3c2=O)CC[C@H](C)C4)cc1F. The van der Waals surface area contributed by atoms with Crippen LogP contribution >= 0.6 is 11.3 Å². The number of aryl methyl sites for hydroxylation is 2. The topological polar surface area (TPSA) is 64.0 Å². The minimum absolute atomic E-state index is 0.154. The second-order valence-electron chi connectivity index (χ2n) is 7.22. The van der Waals surface area contributed by atoms with Crippen molar-refractivity contribution in [1.82, 2.24) is 9.55 Å². The molecule has 7 heteroatoms. The van der Waals surface area contributed by atoms with Crippen molar-refractivity contribution in [3.63, 3.8) is 0 Å². The van der Waals surface area contributed by atoms with Gasteiger partial charge in [0.25, 0.3) is 5.56 Å². The van der Waals surface area contributed by atoms with E-state index in [-0.39, 0.29) is 23.8 Å². The van der Waals surface area contributed by atoms with E-state index < -0.39 is 0 Å². The monoisotopic (exact) mass is 385 g/mol. The maximum atomic E-state index is 13.6. The Kier molecular flexibility index (Phi) is 4.55. The molecule has 5 nitrogen and oxygen atoms in total. The van der Waals surface area contributed by atoms with Crippen LogP contribution in [-0.4, -0.2) is 15.5 Å². The summed E-state index contributed by atoms with van der Waals surface area (Å²) in [7, 11) is 0. The van der Waals surface area contributed by atoms with E-state index in [1.165, 1.54) is 21.8 Å². The van der Waals surface area contributed by atoms with E-state index in [1.807, 2.05) is 0 Å². The van der Waals surface area contributed by atoms with Gasteiger partial charge >= 0.3 is 0 Å². The Morgan fingerprint density at radius 2 is 2.26 bits per heavy atom. The summed E-state index contributed by atoms with van der Waals surface area (Å²) in [6.45, 7) is 3.72. The summed E-state index contributed by atoms with van der Waals surface area (Å²) in [5.41, 5.74) is 1.79. The van der Waals surface area contributed by atoms with E-state index in [0.29, 0.717) is 22.6 Å². The highest BCUT2D eigenvalue weighted by atomic mass is 32.1. The number of aromatic nitrogens is 2. The molecule has 1 aliphatic carbocycles. The lowest BCUT2D eigenvalue weighted by Crippen LogP contribution is -2.28. The van der Waals surface area contributed by atoms with Crippen LogP contribution in [0.25, 0.3) is 10.2 Å². The Labute approximate surface area is 159 Å². The minimum atomic E-state index is -0.390. The molecule has 0 radical (unpaired) electrons.